The Balaban J connectivity index is 2.44. The summed E-state index contributed by atoms with van der Waals surface area (Å²) < 4.78 is 5.26. The average molecular weight is 335 g/mol. The number of ether oxygens (including phenoxy) is 1. The molecule has 0 amide bonds. The van der Waals surface area contributed by atoms with Crippen molar-refractivity contribution in [3.63, 3.8) is 0 Å². The van der Waals surface area contributed by atoms with Gasteiger partial charge in [-0.2, -0.15) is 0 Å². The lowest BCUT2D eigenvalue weighted by atomic mass is 10.00. The van der Waals surface area contributed by atoms with Gasteiger partial charge in [-0.05, 0) is 12.3 Å². The van der Waals surface area contributed by atoms with Gasteiger partial charge in [-0.3, -0.25) is 4.99 Å². The number of carbonyl (C=O) groups excluding carboxylic acids is 1. The molecule has 25 heavy (non-hydrogen) atoms. The highest BCUT2D eigenvalue weighted by Crippen LogP contribution is 2.16. The summed E-state index contributed by atoms with van der Waals surface area (Å²) in [6.07, 6.45) is 2.21. The first-order valence-corrected chi connectivity index (χ1v) is 8.58. The molecule has 0 aromatic heterocycles. The minimum Gasteiger partial charge on any atom is -0.460 e. The SMILES string of the molecule is C=CCOC(=O)C(CC(C)C)N=C(c1ccccc1)c1ccccc1. The van der Waals surface area contributed by atoms with Gasteiger partial charge in [-0.1, -0.05) is 87.2 Å². The van der Waals surface area contributed by atoms with Crippen molar-refractivity contribution in [2.24, 2.45) is 10.9 Å². The normalized spacial score (nSPS) is 11.6. The van der Waals surface area contributed by atoms with Crippen molar-refractivity contribution in [1.29, 1.82) is 0 Å². The van der Waals surface area contributed by atoms with Gasteiger partial charge < -0.3 is 4.74 Å². The average Bonchev–Trinajstić information content (AvgIpc) is 2.64. The number of rotatable bonds is 8. The molecule has 0 aliphatic rings. The first kappa shape index (κ1) is 18.7. The molecule has 3 heteroatoms. The summed E-state index contributed by atoms with van der Waals surface area (Å²) in [5.74, 6) is 0.0239. The minimum atomic E-state index is -0.532. The van der Waals surface area contributed by atoms with E-state index in [2.05, 4.69) is 20.4 Å². The second-order valence-corrected chi connectivity index (χ2v) is 6.27. The Morgan fingerprint density at radius 2 is 1.56 bits per heavy atom. The fourth-order valence-corrected chi connectivity index (χ4v) is 2.55. The molecule has 2 rings (SSSR count). The Hall–Kier alpha value is -2.68. The van der Waals surface area contributed by atoms with E-state index in [1.165, 1.54) is 0 Å². The predicted molar refractivity (Wildman–Crippen MR) is 103 cm³/mol. The second kappa shape index (κ2) is 9.58. The van der Waals surface area contributed by atoms with Crippen LogP contribution in [-0.4, -0.2) is 24.3 Å². The molecule has 0 spiro atoms. The van der Waals surface area contributed by atoms with E-state index in [0.29, 0.717) is 12.3 Å². The van der Waals surface area contributed by atoms with Crippen LogP contribution in [0.1, 0.15) is 31.4 Å². The Morgan fingerprint density at radius 3 is 2.00 bits per heavy atom. The van der Waals surface area contributed by atoms with Crippen molar-refractivity contribution in [2.45, 2.75) is 26.3 Å². The van der Waals surface area contributed by atoms with Crippen LogP contribution >= 0.6 is 0 Å². The number of nitrogens with zero attached hydrogens (tertiary/aromatic N) is 1. The van der Waals surface area contributed by atoms with E-state index >= 15 is 0 Å². The molecule has 0 heterocycles. The molecular weight excluding hydrogens is 310 g/mol. The van der Waals surface area contributed by atoms with E-state index in [-0.39, 0.29) is 12.6 Å². The van der Waals surface area contributed by atoms with Crippen LogP contribution in [-0.2, 0) is 9.53 Å². The third kappa shape index (κ3) is 5.71. The van der Waals surface area contributed by atoms with Gasteiger partial charge in [0.05, 0.1) is 5.71 Å². The second-order valence-electron chi connectivity index (χ2n) is 6.27. The predicted octanol–water partition coefficient (Wildman–Crippen LogP) is 4.67. The lowest BCUT2D eigenvalue weighted by Crippen LogP contribution is -2.25. The van der Waals surface area contributed by atoms with Crippen LogP contribution in [0.3, 0.4) is 0 Å². The van der Waals surface area contributed by atoms with Crippen LogP contribution in [0.4, 0.5) is 0 Å². The van der Waals surface area contributed by atoms with Crippen LogP contribution in [0.5, 0.6) is 0 Å². The minimum absolute atomic E-state index is 0.203. The summed E-state index contributed by atoms with van der Waals surface area (Å²) in [7, 11) is 0. The molecule has 0 saturated heterocycles. The van der Waals surface area contributed by atoms with Crippen molar-refractivity contribution in [3.05, 3.63) is 84.4 Å². The molecule has 1 unspecified atom stereocenters. The van der Waals surface area contributed by atoms with Crippen molar-refractivity contribution < 1.29 is 9.53 Å². The quantitative estimate of drug-likeness (QED) is 0.399. The zero-order valence-electron chi connectivity index (χ0n) is 14.9. The molecule has 0 aliphatic carbocycles. The summed E-state index contributed by atoms with van der Waals surface area (Å²) in [6, 6.07) is 19.3. The standard InChI is InChI=1S/C22H25NO2/c1-4-15-25-22(24)20(16-17(2)3)23-21(18-11-7-5-8-12-18)19-13-9-6-10-14-19/h4-14,17,20H,1,15-16H2,2-3H3. The number of hydrogen-bond donors (Lipinski definition) is 0. The topological polar surface area (TPSA) is 38.7 Å². The number of carbonyl (C=O) groups is 1. The molecule has 0 aliphatic heterocycles. The van der Waals surface area contributed by atoms with E-state index in [4.69, 9.17) is 9.73 Å². The van der Waals surface area contributed by atoms with Crippen molar-refractivity contribution in [1.82, 2.24) is 0 Å². The van der Waals surface area contributed by atoms with Gasteiger partial charge in [-0.15, -0.1) is 0 Å². The monoisotopic (exact) mass is 335 g/mol. The van der Waals surface area contributed by atoms with Gasteiger partial charge in [0.15, 0.2) is 0 Å². The summed E-state index contributed by atoms with van der Waals surface area (Å²) in [4.78, 5) is 17.3. The van der Waals surface area contributed by atoms with Crippen LogP contribution in [0.15, 0.2) is 78.3 Å². The number of aliphatic imine (C=N–C) groups is 1. The maximum absolute atomic E-state index is 12.5. The highest BCUT2D eigenvalue weighted by Gasteiger charge is 2.22. The van der Waals surface area contributed by atoms with Crippen LogP contribution in [0, 0.1) is 5.92 Å². The van der Waals surface area contributed by atoms with Gasteiger partial charge in [-0.25, -0.2) is 4.79 Å². The van der Waals surface area contributed by atoms with Crippen LogP contribution < -0.4 is 0 Å². The lowest BCUT2D eigenvalue weighted by molar-refractivity contribution is -0.144. The van der Waals surface area contributed by atoms with E-state index in [9.17, 15) is 4.79 Å². The van der Waals surface area contributed by atoms with Gasteiger partial charge in [0.2, 0.25) is 0 Å². The van der Waals surface area contributed by atoms with E-state index in [1.54, 1.807) is 6.08 Å². The zero-order valence-corrected chi connectivity index (χ0v) is 14.9. The molecular formula is C22H25NO2. The molecule has 130 valence electrons. The largest absolute Gasteiger partial charge is 0.460 e. The Morgan fingerprint density at radius 1 is 1.04 bits per heavy atom. The summed E-state index contributed by atoms with van der Waals surface area (Å²) in [5, 5.41) is 0. The lowest BCUT2D eigenvalue weighted by Gasteiger charge is -2.16. The van der Waals surface area contributed by atoms with E-state index < -0.39 is 6.04 Å². The first-order valence-electron chi connectivity index (χ1n) is 8.58. The zero-order chi connectivity index (χ0) is 18.1. The van der Waals surface area contributed by atoms with E-state index in [1.807, 2.05) is 60.7 Å². The molecule has 0 bridgehead atoms. The Kier molecular flexibility index (Phi) is 7.15. The molecule has 0 N–H and O–H groups in total. The highest BCUT2D eigenvalue weighted by molar-refractivity contribution is 6.13. The van der Waals surface area contributed by atoms with Gasteiger partial charge in [0.1, 0.15) is 12.6 Å². The molecule has 2 aromatic carbocycles. The molecule has 0 radical (unpaired) electrons. The van der Waals surface area contributed by atoms with Gasteiger partial charge in [0.25, 0.3) is 0 Å². The fraction of sp³-hybridized carbons (Fsp3) is 0.273. The maximum atomic E-state index is 12.5. The van der Waals surface area contributed by atoms with Crippen molar-refractivity contribution in [2.75, 3.05) is 6.61 Å². The highest BCUT2D eigenvalue weighted by atomic mass is 16.5. The molecule has 2 aromatic rings. The van der Waals surface area contributed by atoms with Gasteiger partial charge in [0, 0.05) is 11.1 Å². The fourth-order valence-electron chi connectivity index (χ4n) is 2.55. The van der Waals surface area contributed by atoms with Crippen molar-refractivity contribution >= 4 is 11.7 Å². The van der Waals surface area contributed by atoms with Crippen molar-refractivity contribution in [3.8, 4) is 0 Å². The van der Waals surface area contributed by atoms with Gasteiger partial charge >= 0.3 is 5.97 Å². The molecule has 3 nitrogen and oxygen atoms in total. The van der Waals surface area contributed by atoms with Crippen LogP contribution in [0.2, 0.25) is 0 Å². The summed E-state index contributed by atoms with van der Waals surface area (Å²) in [5.41, 5.74) is 2.78. The third-order valence-corrected chi connectivity index (χ3v) is 3.69. The van der Waals surface area contributed by atoms with Crippen LogP contribution in [0.25, 0.3) is 0 Å². The van der Waals surface area contributed by atoms with E-state index in [0.717, 1.165) is 16.8 Å². The molecule has 1 atom stereocenters. The maximum Gasteiger partial charge on any atom is 0.331 e. The number of benzene rings is 2. The summed E-state index contributed by atoms with van der Waals surface area (Å²) in [6.45, 7) is 7.95. The Bertz CT molecular complexity index is 664. The number of hydrogen-bond acceptors (Lipinski definition) is 3. The summed E-state index contributed by atoms with van der Waals surface area (Å²) >= 11 is 0. The molecule has 0 fully saturated rings. The first-order chi connectivity index (χ1) is 12.1. The molecule has 0 saturated carbocycles. The number of esters is 1. The third-order valence-electron chi connectivity index (χ3n) is 3.69. The smallest absolute Gasteiger partial charge is 0.331 e. The Labute approximate surface area is 150 Å².